The van der Waals surface area contributed by atoms with Gasteiger partial charge in [0.15, 0.2) is 0 Å². The molecule has 0 atom stereocenters. The number of halogens is 2. The molecular formula is C14H11Cl2N3O2S. The third-order valence-electron chi connectivity index (χ3n) is 3.06. The van der Waals surface area contributed by atoms with Crippen LogP contribution in [0.15, 0.2) is 42.7 Å². The van der Waals surface area contributed by atoms with E-state index in [-0.39, 0.29) is 5.75 Å². The van der Waals surface area contributed by atoms with Gasteiger partial charge < -0.3 is 4.98 Å². The lowest BCUT2D eigenvalue weighted by Gasteiger charge is -2.09. The monoisotopic (exact) mass is 355 g/mol. The summed E-state index contributed by atoms with van der Waals surface area (Å²) in [4.78, 5) is 7.05. The molecule has 1 heterocycles. The Morgan fingerprint density at radius 1 is 1.14 bits per heavy atom. The molecule has 0 bridgehead atoms. The average Bonchev–Trinajstić information content (AvgIpc) is 2.92. The minimum absolute atomic E-state index is 0.204. The van der Waals surface area contributed by atoms with E-state index >= 15 is 0 Å². The van der Waals surface area contributed by atoms with E-state index < -0.39 is 10.0 Å². The van der Waals surface area contributed by atoms with E-state index in [2.05, 4.69) is 14.7 Å². The summed E-state index contributed by atoms with van der Waals surface area (Å²) in [6, 6.07) is 9.97. The van der Waals surface area contributed by atoms with E-state index in [1.807, 2.05) is 6.07 Å². The number of hydrogen-bond donors (Lipinski definition) is 2. The number of benzene rings is 2. The molecule has 0 radical (unpaired) electrons. The zero-order valence-electron chi connectivity index (χ0n) is 11.2. The van der Waals surface area contributed by atoms with Crippen molar-refractivity contribution in [1.82, 2.24) is 9.97 Å². The highest BCUT2D eigenvalue weighted by Crippen LogP contribution is 2.25. The van der Waals surface area contributed by atoms with Crippen LogP contribution < -0.4 is 4.72 Å². The van der Waals surface area contributed by atoms with Crippen molar-refractivity contribution in [3.05, 3.63) is 58.3 Å². The van der Waals surface area contributed by atoms with Gasteiger partial charge in [-0.15, -0.1) is 0 Å². The molecule has 0 saturated heterocycles. The number of anilines is 1. The largest absolute Gasteiger partial charge is 0.345 e. The Labute approximate surface area is 137 Å². The van der Waals surface area contributed by atoms with Gasteiger partial charge in [-0.25, -0.2) is 13.4 Å². The van der Waals surface area contributed by atoms with E-state index in [1.165, 1.54) is 12.4 Å². The molecule has 1 aromatic heterocycles. The third-order valence-corrected chi connectivity index (χ3v) is 5.04. The van der Waals surface area contributed by atoms with Crippen LogP contribution in [0.5, 0.6) is 0 Å². The summed E-state index contributed by atoms with van der Waals surface area (Å²) < 4.78 is 27.2. The number of nitrogens with zero attached hydrogens (tertiary/aromatic N) is 1. The van der Waals surface area contributed by atoms with E-state index in [1.54, 1.807) is 24.3 Å². The number of hydrogen-bond acceptors (Lipinski definition) is 3. The van der Waals surface area contributed by atoms with Crippen LogP contribution in [-0.4, -0.2) is 18.4 Å². The number of para-hydroxylation sites is 1. The normalized spacial score (nSPS) is 11.7. The van der Waals surface area contributed by atoms with Crippen molar-refractivity contribution in [2.45, 2.75) is 5.75 Å². The zero-order valence-corrected chi connectivity index (χ0v) is 13.5. The van der Waals surface area contributed by atoms with Crippen LogP contribution in [0.3, 0.4) is 0 Å². The fourth-order valence-electron chi connectivity index (χ4n) is 2.10. The molecule has 8 heteroatoms. The fourth-order valence-corrected chi connectivity index (χ4v) is 3.61. The van der Waals surface area contributed by atoms with Gasteiger partial charge in [0.1, 0.15) is 5.52 Å². The highest BCUT2D eigenvalue weighted by molar-refractivity contribution is 7.91. The standard InChI is InChI=1S/C14H11Cl2N3O2S/c15-10-5-4-9(6-11(10)16)7-22(20,21)19-13-3-1-2-12-14(13)18-8-17-12/h1-6,8,19H,7H2,(H,17,18). The molecule has 2 N–H and O–H groups in total. The quantitative estimate of drug-likeness (QED) is 0.746. The Bertz CT molecular complexity index is 938. The summed E-state index contributed by atoms with van der Waals surface area (Å²) in [5, 5.41) is 0.709. The highest BCUT2D eigenvalue weighted by Gasteiger charge is 2.15. The van der Waals surface area contributed by atoms with Crippen LogP contribution in [0.1, 0.15) is 5.56 Å². The first-order valence-electron chi connectivity index (χ1n) is 6.31. The second-order valence-corrected chi connectivity index (χ2v) is 7.25. The second kappa shape index (κ2) is 5.79. The molecule has 0 aliphatic rings. The number of aromatic amines is 1. The molecule has 0 unspecified atom stereocenters. The van der Waals surface area contributed by atoms with Crippen molar-refractivity contribution in [1.29, 1.82) is 0 Å². The van der Waals surface area contributed by atoms with E-state index in [4.69, 9.17) is 23.2 Å². The van der Waals surface area contributed by atoms with Crippen molar-refractivity contribution in [3.63, 3.8) is 0 Å². The Balaban J connectivity index is 1.87. The lowest BCUT2D eigenvalue weighted by atomic mass is 10.2. The molecule has 0 fully saturated rings. The molecule has 0 saturated carbocycles. The number of aromatic nitrogens is 2. The average molecular weight is 356 g/mol. The van der Waals surface area contributed by atoms with Gasteiger partial charge >= 0.3 is 0 Å². The summed E-state index contributed by atoms with van der Waals surface area (Å²) in [5.41, 5.74) is 2.31. The van der Waals surface area contributed by atoms with Crippen LogP contribution in [0.25, 0.3) is 11.0 Å². The van der Waals surface area contributed by atoms with Crippen LogP contribution in [0, 0.1) is 0 Å². The van der Waals surface area contributed by atoms with E-state index in [0.29, 0.717) is 26.8 Å². The van der Waals surface area contributed by atoms with Gasteiger partial charge in [0, 0.05) is 0 Å². The summed E-state index contributed by atoms with van der Waals surface area (Å²) in [7, 11) is -3.59. The lowest BCUT2D eigenvalue weighted by Crippen LogP contribution is -2.15. The van der Waals surface area contributed by atoms with Crippen molar-refractivity contribution in [2.75, 3.05) is 4.72 Å². The van der Waals surface area contributed by atoms with Crippen molar-refractivity contribution in [3.8, 4) is 0 Å². The molecule has 0 amide bonds. The summed E-state index contributed by atoms with van der Waals surface area (Å²) in [5.74, 6) is -0.204. The molecular weight excluding hydrogens is 345 g/mol. The maximum Gasteiger partial charge on any atom is 0.236 e. The van der Waals surface area contributed by atoms with Gasteiger partial charge in [0.25, 0.3) is 0 Å². The van der Waals surface area contributed by atoms with Gasteiger partial charge in [0.2, 0.25) is 10.0 Å². The molecule has 3 aromatic rings. The first-order chi connectivity index (χ1) is 10.4. The summed E-state index contributed by atoms with van der Waals surface area (Å²) in [6.07, 6.45) is 1.52. The summed E-state index contributed by atoms with van der Waals surface area (Å²) in [6.45, 7) is 0. The van der Waals surface area contributed by atoms with Crippen molar-refractivity contribution in [2.24, 2.45) is 0 Å². The van der Waals surface area contributed by atoms with Crippen LogP contribution in [0.4, 0.5) is 5.69 Å². The third kappa shape index (κ3) is 3.19. The van der Waals surface area contributed by atoms with Gasteiger partial charge in [-0.1, -0.05) is 35.3 Å². The molecule has 22 heavy (non-hydrogen) atoms. The fraction of sp³-hybridized carbons (Fsp3) is 0.0714. The van der Waals surface area contributed by atoms with Crippen LogP contribution in [0.2, 0.25) is 10.0 Å². The minimum Gasteiger partial charge on any atom is -0.345 e. The van der Waals surface area contributed by atoms with Crippen molar-refractivity contribution < 1.29 is 8.42 Å². The Kier molecular flexibility index (Phi) is 3.99. The topological polar surface area (TPSA) is 74.8 Å². The Morgan fingerprint density at radius 2 is 1.95 bits per heavy atom. The lowest BCUT2D eigenvalue weighted by molar-refractivity contribution is 0.600. The molecule has 114 valence electrons. The maximum absolute atomic E-state index is 12.3. The predicted octanol–water partition coefficient (Wildman–Crippen LogP) is 3.81. The summed E-state index contributed by atoms with van der Waals surface area (Å²) >= 11 is 11.7. The van der Waals surface area contributed by atoms with E-state index in [0.717, 1.165) is 5.52 Å². The highest BCUT2D eigenvalue weighted by atomic mass is 35.5. The van der Waals surface area contributed by atoms with Crippen LogP contribution >= 0.6 is 23.2 Å². The molecule has 0 aliphatic heterocycles. The van der Waals surface area contributed by atoms with Crippen LogP contribution in [-0.2, 0) is 15.8 Å². The first-order valence-corrected chi connectivity index (χ1v) is 8.72. The molecule has 0 aliphatic carbocycles. The Hall–Kier alpha value is -1.76. The number of rotatable bonds is 4. The SMILES string of the molecule is O=S(=O)(Cc1ccc(Cl)c(Cl)c1)Nc1cccc2[nH]cnc12. The van der Waals surface area contributed by atoms with Gasteiger partial charge in [-0.05, 0) is 29.8 Å². The Morgan fingerprint density at radius 3 is 2.73 bits per heavy atom. The second-order valence-electron chi connectivity index (χ2n) is 4.71. The molecule has 5 nitrogen and oxygen atoms in total. The molecule has 0 spiro atoms. The predicted molar refractivity (Wildman–Crippen MR) is 88.8 cm³/mol. The number of sulfonamides is 1. The first kappa shape index (κ1) is 15.1. The number of imidazole rings is 1. The van der Waals surface area contributed by atoms with Gasteiger partial charge in [0.05, 0.1) is 33.3 Å². The minimum atomic E-state index is -3.59. The van der Waals surface area contributed by atoms with Gasteiger partial charge in [-0.3, -0.25) is 4.72 Å². The number of H-pyrrole nitrogens is 1. The number of nitrogens with one attached hydrogen (secondary N) is 2. The van der Waals surface area contributed by atoms with E-state index in [9.17, 15) is 8.42 Å². The zero-order chi connectivity index (χ0) is 15.7. The molecule has 3 rings (SSSR count). The number of fused-ring (bicyclic) bond motifs is 1. The van der Waals surface area contributed by atoms with Gasteiger partial charge in [-0.2, -0.15) is 0 Å². The molecule has 2 aromatic carbocycles. The maximum atomic E-state index is 12.3. The smallest absolute Gasteiger partial charge is 0.236 e. The van der Waals surface area contributed by atoms with Crippen molar-refractivity contribution >= 4 is 49.9 Å².